The van der Waals surface area contributed by atoms with Crippen LogP contribution in [0.2, 0.25) is 0 Å². The maximum absolute atomic E-state index is 12.1. The Labute approximate surface area is 173 Å². The highest BCUT2D eigenvalue weighted by atomic mass is 32.2. The summed E-state index contributed by atoms with van der Waals surface area (Å²) in [5.74, 6) is 0.989. The Bertz CT molecular complexity index is 983. The Balaban J connectivity index is 1.54. The van der Waals surface area contributed by atoms with Crippen LogP contribution in [0.3, 0.4) is 0 Å². The molecule has 29 heavy (non-hydrogen) atoms. The number of aromatic nitrogens is 4. The van der Waals surface area contributed by atoms with Gasteiger partial charge in [0.25, 0.3) is 5.89 Å². The number of hydrogen-bond donors (Lipinski definition) is 0. The molecule has 0 saturated carbocycles. The van der Waals surface area contributed by atoms with Crippen LogP contribution < -0.4 is 4.74 Å². The van der Waals surface area contributed by atoms with Gasteiger partial charge in [-0.25, -0.2) is 9.97 Å². The van der Waals surface area contributed by atoms with Gasteiger partial charge in [-0.15, -0.1) is 0 Å². The minimum atomic E-state index is -0.348. The van der Waals surface area contributed by atoms with E-state index < -0.39 is 0 Å². The maximum atomic E-state index is 12.1. The second kappa shape index (κ2) is 9.51. The minimum Gasteiger partial charge on any atom is -0.497 e. The number of aryl methyl sites for hydroxylation is 2. The molecule has 3 aromatic rings. The van der Waals surface area contributed by atoms with Gasteiger partial charge in [0.05, 0.1) is 7.11 Å². The molecule has 9 heteroatoms. The van der Waals surface area contributed by atoms with Crippen molar-refractivity contribution >= 4 is 17.7 Å². The summed E-state index contributed by atoms with van der Waals surface area (Å²) in [7, 11) is 1.59. The van der Waals surface area contributed by atoms with E-state index in [2.05, 4.69) is 20.1 Å². The van der Waals surface area contributed by atoms with Gasteiger partial charge < -0.3 is 14.0 Å². The lowest BCUT2D eigenvalue weighted by molar-refractivity contribution is -0.145. The van der Waals surface area contributed by atoms with E-state index in [9.17, 15) is 4.79 Å². The summed E-state index contributed by atoms with van der Waals surface area (Å²) in [6.45, 7) is 3.77. The summed E-state index contributed by atoms with van der Waals surface area (Å²) in [6, 6.07) is 7.31. The number of rotatable bonds is 8. The van der Waals surface area contributed by atoms with Crippen molar-refractivity contribution in [3.05, 3.63) is 47.1 Å². The third-order valence-corrected chi connectivity index (χ3v) is 4.86. The van der Waals surface area contributed by atoms with Gasteiger partial charge in [-0.1, -0.05) is 29.1 Å². The van der Waals surface area contributed by atoms with Crippen LogP contribution in [0, 0.1) is 13.8 Å². The predicted octanol–water partition coefficient (Wildman–Crippen LogP) is 3.55. The molecule has 0 N–H and O–H groups in total. The zero-order chi connectivity index (χ0) is 20.8. The summed E-state index contributed by atoms with van der Waals surface area (Å²) in [6.07, 6.45) is 2.67. The highest BCUT2D eigenvalue weighted by Crippen LogP contribution is 2.21. The van der Waals surface area contributed by atoms with Crippen LogP contribution in [0.5, 0.6) is 5.75 Å². The van der Waals surface area contributed by atoms with E-state index in [1.165, 1.54) is 11.8 Å². The zero-order valence-electron chi connectivity index (χ0n) is 16.8. The Morgan fingerprint density at radius 3 is 2.62 bits per heavy atom. The molecule has 2 heterocycles. The molecular weight excluding hydrogens is 392 g/mol. The number of thioether (sulfide) groups is 1. The van der Waals surface area contributed by atoms with Crippen molar-refractivity contribution in [1.82, 2.24) is 20.1 Å². The Kier molecular flexibility index (Phi) is 6.82. The molecule has 1 aromatic carbocycles. The smallest absolute Gasteiger partial charge is 0.306 e. The SMILES string of the molecule is COc1cccc(-c2noc(COC(=O)CCc3c(C)nc(SC)nc3C)n2)c1. The van der Waals surface area contributed by atoms with Crippen molar-refractivity contribution in [1.29, 1.82) is 0 Å². The number of ether oxygens (including phenoxy) is 2. The van der Waals surface area contributed by atoms with Crippen LogP contribution >= 0.6 is 11.8 Å². The van der Waals surface area contributed by atoms with Crippen molar-refractivity contribution in [2.45, 2.75) is 38.5 Å². The van der Waals surface area contributed by atoms with Crippen molar-refractivity contribution in [2.24, 2.45) is 0 Å². The van der Waals surface area contributed by atoms with E-state index in [1.807, 2.05) is 38.3 Å². The molecule has 0 atom stereocenters. The van der Waals surface area contributed by atoms with E-state index in [0.717, 1.165) is 27.7 Å². The molecule has 0 unspecified atom stereocenters. The first-order valence-electron chi connectivity index (χ1n) is 9.01. The van der Waals surface area contributed by atoms with E-state index in [0.29, 0.717) is 18.0 Å². The molecule has 0 aliphatic carbocycles. The average molecular weight is 414 g/mol. The highest BCUT2D eigenvalue weighted by Gasteiger charge is 2.14. The van der Waals surface area contributed by atoms with E-state index >= 15 is 0 Å². The molecule has 2 aromatic heterocycles. The number of carbonyl (C=O) groups excluding carboxylic acids is 1. The standard InChI is InChI=1S/C20H22N4O4S/c1-12-16(13(2)22-20(21-12)29-4)8-9-18(25)27-11-17-23-19(24-28-17)14-6-5-7-15(10-14)26-3/h5-7,10H,8-9,11H2,1-4H3. The van der Waals surface area contributed by atoms with Gasteiger partial charge in [-0.05, 0) is 44.2 Å². The van der Waals surface area contributed by atoms with Gasteiger partial charge in [0.2, 0.25) is 5.82 Å². The van der Waals surface area contributed by atoms with Crippen LogP contribution in [-0.2, 0) is 22.6 Å². The molecule has 3 rings (SSSR count). The topological polar surface area (TPSA) is 100 Å². The van der Waals surface area contributed by atoms with E-state index in [-0.39, 0.29) is 24.9 Å². The molecular formula is C20H22N4O4S. The van der Waals surface area contributed by atoms with Gasteiger partial charge in [0, 0.05) is 23.4 Å². The van der Waals surface area contributed by atoms with E-state index in [4.69, 9.17) is 14.0 Å². The lowest BCUT2D eigenvalue weighted by atomic mass is 10.1. The number of carbonyl (C=O) groups is 1. The third-order valence-electron chi connectivity index (χ3n) is 4.31. The lowest BCUT2D eigenvalue weighted by Crippen LogP contribution is -2.09. The summed E-state index contributed by atoms with van der Waals surface area (Å²) >= 11 is 1.49. The van der Waals surface area contributed by atoms with Crippen LogP contribution in [0.25, 0.3) is 11.4 Å². The van der Waals surface area contributed by atoms with Gasteiger partial charge in [0.15, 0.2) is 11.8 Å². The Morgan fingerprint density at radius 1 is 1.17 bits per heavy atom. The van der Waals surface area contributed by atoms with Crippen LogP contribution in [0.1, 0.15) is 29.3 Å². The fourth-order valence-corrected chi connectivity index (χ4v) is 3.25. The molecule has 0 aliphatic rings. The first-order valence-corrected chi connectivity index (χ1v) is 10.2. The Morgan fingerprint density at radius 2 is 1.93 bits per heavy atom. The summed E-state index contributed by atoms with van der Waals surface area (Å²) < 4.78 is 15.6. The number of esters is 1. The second-order valence-electron chi connectivity index (χ2n) is 6.26. The van der Waals surface area contributed by atoms with Gasteiger partial charge >= 0.3 is 5.97 Å². The minimum absolute atomic E-state index is 0.0737. The van der Waals surface area contributed by atoms with Crippen LogP contribution in [0.4, 0.5) is 0 Å². The first kappa shape index (κ1) is 20.8. The van der Waals surface area contributed by atoms with Crippen LogP contribution in [-0.4, -0.2) is 39.4 Å². The van der Waals surface area contributed by atoms with Crippen molar-refractivity contribution < 1.29 is 18.8 Å². The molecule has 8 nitrogen and oxygen atoms in total. The van der Waals surface area contributed by atoms with Gasteiger partial charge in [0.1, 0.15) is 5.75 Å². The zero-order valence-corrected chi connectivity index (χ0v) is 17.6. The molecule has 0 spiro atoms. The summed E-state index contributed by atoms with van der Waals surface area (Å²) in [4.78, 5) is 25.2. The van der Waals surface area contributed by atoms with Crippen molar-refractivity contribution in [2.75, 3.05) is 13.4 Å². The fraction of sp³-hybridized carbons (Fsp3) is 0.350. The summed E-state index contributed by atoms with van der Waals surface area (Å²) in [5, 5.41) is 4.65. The number of nitrogens with zero attached hydrogens (tertiary/aromatic N) is 4. The second-order valence-corrected chi connectivity index (χ2v) is 7.04. The largest absolute Gasteiger partial charge is 0.497 e. The lowest BCUT2D eigenvalue weighted by Gasteiger charge is -2.09. The molecule has 0 bridgehead atoms. The van der Waals surface area contributed by atoms with Gasteiger partial charge in [-0.2, -0.15) is 4.98 Å². The Hall–Kier alpha value is -2.94. The molecule has 0 fully saturated rings. The normalized spacial score (nSPS) is 10.8. The molecule has 0 aliphatic heterocycles. The van der Waals surface area contributed by atoms with Crippen molar-refractivity contribution in [3.8, 4) is 17.1 Å². The molecule has 152 valence electrons. The first-order chi connectivity index (χ1) is 14.0. The number of hydrogen-bond acceptors (Lipinski definition) is 9. The van der Waals surface area contributed by atoms with Gasteiger partial charge in [-0.3, -0.25) is 4.79 Å². The predicted molar refractivity (Wildman–Crippen MR) is 108 cm³/mol. The monoisotopic (exact) mass is 414 g/mol. The number of methoxy groups -OCH3 is 1. The molecule has 0 radical (unpaired) electrons. The maximum Gasteiger partial charge on any atom is 0.306 e. The van der Waals surface area contributed by atoms with Crippen molar-refractivity contribution in [3.63, 3.8) is 0 Å². The number of benzene rings is 1. The average Bonchev–Trinajstić information content (AvgIpc) is 3.20. The third kappa shape index (κ3) is 5.32. The summed E-state index contributed by atoms with van der Waals surface area (Å²) in [5.41, 5.74) is 3.49. The van der Waals surface area contributed by atoms with Crippen LogP contribution in [0.15, 0.2) is 33.9 Å². The fourth-order valence-electron chi connectivity index (χ4n) is 2.80. The highest BCUT2D eigenvalue weighted by molar-refractivity contribution is 7.98. The quantitative estimate of drug-likeness (QED) is 0.311. The van der Waals surface area contributed by atoms with E-state index in [1.54, 1.807) is 13.2 Å². The molecule has 0 saturated heterocycles. The molecule has 0 amide bonds.